The SMILES string of the molecule is CCC1CNC(C(C)C)CN1C(C)c1ccncc1. The molecule has 1 aliphatic heterocycles. The molecule has 0 saturated carbocycles. The molecule has 0 aromatic carbocycles. The van der Waals surface area contributed by atoms with E-state index in [4.69, 9.17) is 0 Å². The maximum atomic E-state index is 4.12. The molecule has 0 spiro atoms. The predicted molar refractivity (Wildman–Crippen MR) is 80.1 cm³/mol. The van der Waals surface area contributed by atoms with Crippen LogP contribution in [0.15, 0.2) is 24.5 Å². The van der Waals surface area contributed by atoms with Gasteiger partial charge in [0.2, 0.25) is 0 Å². The maximum absolute atomic E-state index is 4.12. The van der Waals surface area contributed by atoms with Crippen molar-refractivity contribution >= 4 is 0 Å². The van der Waals surface area contributed by atoms with Crippen LogP contribution in [0.3, 0.4) is 0 Å². The first-order valence-electron chi connectivity index (χ1n) is 7.52. The first kappa shape index (κ1) is 14.5. The van der Waals surface area contributed by atoms with Crippen molar-refractivity contribution in [3.8, 4) is 0 Å². The fourth-order valence-corrected chi connectivity index (χ4v) is 2.98. The average Bonchev–Trinajstić information content (AvgIpc) is 2.46. The minimum atomic E-state index is 0.469. The normalized spacial score (nSPS) is 26.6. The van der Waals surface area contributed by atoms with Crippen molar-refractivity contribution in [2.75, 3.05) is 13.1 Å². The molecule has 1 saturated heterocycles. The van der Waals surface area contributed by atoms with Crippen LogP contribution in [0, 0.1) is 5.92 Å². The molecular weight excluding hydrogens is 234 g/mol. The lowest BCUT2D eigenvalue weighted by Crippen LogP contribution is -2.58. The molecule has 1 fully saturated rings. The highest BCUT2D eigenvalue weighted by molar-refractivity contribution is 5.15. The van der Waals surface area contributed by atoms with Crippen molar-refractivity contribution in [2.45, 2.75) is 52.2 Å². The number of hydrogen-bond acceptors (Lipinski definition) is 3. The van der Waals surface area contributed by atoms with Crippen LogP contribution in [0.2, 0.25) is 0 Å². The van der Waals surface area contributed by atoms with Gasteiger partial charge in [-0.25, -0.2) is 0 Å². The summed E-state index contributed by atoms with van der Waals surface area (Å²) < 4.78 is 0. The van der Waals surface area contributed by atoms with E-state index >= 15 is 0 Å². The van der Waals surface area contributed by atoms with Gasteiger partial charge in [0.1, 0.15) is 0 Å². The van der Waals surface area contributed by atoms with E-state index in [9.17, 15) is 0 Å². The second-order valence-corrected chi connectivity index (χ2v) is 5.97. The number of pyridine rings is 1. The van der Waals surface area contributed by atoms with Crippen LogP contribution in [0.4, 0.5) is 0 Å². The Hall–Kier alpha value is -0.930. The Morgan fingerprint density at radius 2 is 2.00 bits per heavy atom. The molecule has 0 aliphatic carbocycles. The third-order valence-corrected chi connectivity index (χ3v) is 4.45. The Labute approximate surface area is 117 Å². The third-order valence-electron chi connectivity index (χ3n) is 4.45. The van der Waals surface area contributed by atoms with Crippen LogP contribution < -0.4 is 5.32 Å². The molecule has 106 valence electrons. The number of hydrogen-bond donors (Lipinski definition) is 1. The molecule has 1 aromatic rings. The smallest absolute Gasteiger partial charge is 0.0325 e. The van der Waals surface area contributed by atoms with E-state index in [1.54, 1.807) is 0 Å². The second-order valence-electron chi connectivity index (χ2n) is 5.97. The van der Waals surface area contributed by atoms with E-state index in [1.165, 1.54) is 12.0 Å². The molecule has 19 heavy (non-hydrogen) atoms. The largest absolute Gasteiger partial charge is 0.311 e. The highest BCUT2D eigenvalue weighted by atomic mass is 15.3. The molecule has 1 aromatic heterocycles. The minimum Gasteiger partial charge on any atom is -0.311 e. The van der Waals surface area contributed by atoms with Crippen LogP contribution in [0.5, 0.6) is 0 Å². The second kappa shape index (κ2) is 6.49. The Bertz CT molecular complexity index is 377. The van der Waals surface area contributed by atoms with E-state index < -0.39 is 0 Å². The van der Waals surface area contributed by atoms with Crippen molar-refractivity contribution in [1.29, 1.82) is 0 Å². The van der Waals surface area contributed by atoms with Crippen LogP contribution in [-0.4, -0.2) is 35.1 Å². The van der Waals surface area contributed by atoms with Gasteiger partial charge in [-0.05, 0) is 37.0 Å². The Kier molecular flexibility index (Phi) is 4.94. The summed E-state index contributed by atoms with van der Waals surface area (Å²) in [7, 11) is 0. The van der Waals surface area contributed by atoms with E-state index in [-0.39, 0.29) is 0 Å². The summed E-state index contributed by atoms with van der Waals surface area (Å²) in [6.07, 6.45) is 5.00. The standard InChI is InChI=1S/C16H27N3/c1-5-15-10-18-16(12(2)3)11-19(15)13(4)14-6-8-17-9-7-14/h6-9,12-13,15-16,18H,5,10-11H2,1-4H3. The minimum absolute atomic E-state index is 0.469. The Balaban J connectivity index is 2.14. The summed E-state index contributed by atoms with van der Waals surface area (Å²) in [5, 5.41) is 3.70. The van der Waals surface area contributed by atoms with Crippen LogP contribution in [0.1, 0.15) is 45.7 Å². The molecule has 2 rings (SSSR count). The van der Waals surface area contributed by atoms with Gasteiger partial charge in [-0.2, -0.15) is 0 Å². The highest BCUT2D eigenvalue weighted by Crippen LogP contribution is 2.26. The summed E-state index contributed by atoms with van der Waals surface area (Å²) in [6.45, 7) is 11.5. The maximum Gasteiger partial charge on any atom is 0.0325 e. The summed E-state index contributed by atoms with van der Waals surface area (Å²) in [5.74, 6) is 0.685. The fraction of sp³-hybridized carbons (Fsp3) is 0.688. The first-order chi connectivity index (χ1) is 9.13. The topological polar surface area (TPSA) is 28.2 Å². The number of nitrogens with zero attached hydrogens (tertiary/aromatic N) is 2. The number of piperazine rings is 1. The summed E-state index contributed by atoms with van der Waals surface area (Å²) in [6, 6.07) is 6.00. The molecule has 3 nitrogen and oxygen atoms in total. The van der Waals surface area contributed by atoms with Crippen LogP contribution in [-0.2, 0) is 0 Å². The van der Waals surface area contributed by atoms with Gasteiger partial charge >= 0.3 is 0 Å². The van der Waals surface area contributed by atoms with Gasteiger partial charge in [-0.1, -0.05) is 20.8 Å². The lowest BCUT2D eigenvalue weighted by Gasteiger charge is -2.44. The lowest BCUT2D eigenvalue weighted by atomic mass is 9.95. The van der Waals surface area contributed by atoms with Gasteiger partial charge in [0.25, 0.3) is 0 Å². The predicted octanol–water partition coefficient (Wildman–Crippen LogP) is 2.85. The summed E-state index contributed by atoms with van der Waals surface area (Å²) >= 11 is 0. The molecule has 1 aliphatic rings. The van der Waals surface area contributed by atoms with E-state index in [0.29, 0.717) is 24.0 Å². The molecule has 3 heteroatoms. The van der Waals surface area contributed by atoms with Gasteiger partial charge in [0, 0.05) is 43.6 Å². The van der Waals surface area contributed by atoms with Crippen molar-refractivity contribution in [2.24, 2.45) is 5.92 Å². The number of aromatic nitrogens is 1. The van der Waals surface area contributed by atoms with Gasteiger partial charge in [0.15, 0.2) is 0 Å². The molecule has 0 amide bonds. The molecule has 1 N–H and O–H groups in total. The zero-order valence-corrected chi connectivity index (χ0v) is 12.6. The number of nitrogens with one attached hydrogen (secondary N) is 1. The zero-order chi connectivity index (χ0) is 13.8. The van der Waals surface area contributed by atoms with E-state index in [2.05, 4.69) is 55.0 Å². The van der Waals surface area contributed by atoms with Crippen molar-refractivity contribution in [1.82, 2.24) is 15.2 Å². The van der Waals surface area contributed by atoms with E-state index in [0.717, 1.165) is 13.1 Å². The fourth-order valence-electron chi connectivity index (χ4n) is 2.98. The van der Waals surface area contributed by atoms with Crippen LogP contribution >= 0.6 is 0 Å². The Morgan fingerprint density at radius 3 is 2.58 bits per heavy atom. The van der Waals surface area contributed by atoms with Crippen LogP contribution in [0.25, 0.3) is 0 Å². The van der Waals surface area contributed by atoms with Gasteiger partial charge in [0.05, 0.1) is 0 Å². The molecule has 3 unspecified atom stereocenters. The first-order valence-corrected chi connectivity index (χ1v) is 7.52. The average molecular weight is 261 g/mol. The van der Waals surface area contributed by atoms with Crippen molar-refractivity contribution in [3.05, 3.63) is 30.1 Å². The highest BCUT2D eigenvalue weighted by Gasteiger charge is 2.31. The lowest BCUT2D eigenvalue weighted by molar-refractivity contribution is 0.0736. The van der Waals surface area contributed by atoms with Crippen molar-refractivity contribution in [3.63, 3.8) is 0 Å². The summed E-state index contributed by atoms with van der Waals surface area (Å²) in [5.41, 5.74) is 1.37. The Morgan fingerprint density at radius 1 is 1.32 bits per heavy atom. The third kappa shape index (κ3) is 3.34. The zero-order valence-electron chi connectivity index (χ0n) is 12.6. The van der Waals surface area contributed by atoms with Gasteiger partial charge in [-0.3, -0.25) is 9.88 Å². The molecule has 0 radical (unpaired) electrons. The summed E-state index contributed by atoms with van der Waals surface area (Å²) in [4.78, 5) is 6.79. The van der Waals surface area contributed by atoms with Crippen molar-refractivity contribution < 1.29 is 0 Å². The molecule has 2 heterocycles. The quantitative estimate of drug-likeness (QED) is 0.903. The molecular formula is C16H27N3. The van der Waals surface area contributed by atoms with Gasteiger partial charge in [-0.15, -0.1) is 0 Å². The number of rotatable bonds is 4. The molecule has 0 bridgehead atoms. The van der Waals surface area contributed by atoms with Gasteiger partial charge < -0.3 is 5.32 Å². The monoisotopic (exact) mass is 261 g/mol. The molecule has 3 atom stereocenters. The van der Waals surface area contributed by atoms with E-state index in [1.807, 2.05) is 12.4 Å².